The summed E-state index contributed by atoms with van der Waals surface area (Å²) in [4.78, 5) is 0. The van der Waals surface area contributed by atoms with Crippen LogP contribution in [0.2, 0.25) is 5.02 Å². The van der Waals surface area contributed by atoms with Crippen LogP contribution < -0.4 is 4.74 Å². The third-order valence-corrected chi connectivity index (χ3v) is 3.88. The number of halogens is 4. The Labute approximate surface area is 135 Å². The summed E-state index contributed by atoms with van der Waals surface area (Å²) in [6.07, 6.45) is 0. The smallest absolute Gasteiger partial charge is 0.142 e. The molecule has 0 aliphatic carbocycles. The minimum absolute atomic E-state index is 0.106. The van der Waals surface area contributed by atoms with Crippen LogP contribution in [0.5, 0.6) is 5.75 Å². The Kier molecular flexibility index (Phi) is 5.30. The average Bonchev–Trinajstić information content (AvgIpc) is 2.40. The molecule has 0 N–H and O–H groups in total. The fraction of sp³-hybridized carbons (Fsp3) is 0.200. The van der Waals surface area contributed by atoms with Crippen LogP contribution >= 0.6 is 39.1 Å². The Morgan fingerprint density at radius 1 is 1.25 bits per heavy atom. The number of hydrogen-bond donors (Lipinski definition) is 0. The number of hydrogen-bond acceptors (Lipinski definition) is 1. The molecule has 0 heterocycles. The van der Waals surface area contributed by atoms with Gasteiger partial charge in [-0.05, 0) is 42.3 Å². The lowest BCUT2D eigenvalue weighted by molar-refractivity contribution is 0.301. The maximum atomic E-state index is 13.4. The van der Waals surface area contributed by atoms with E-state index in [1.807, 2.05) is 19.1 Å². The van der Waals surface area contributed by atoms with Gasteiger partial charge in [-0.3, -0.25) is 0 Å². The van der Waals surface area contributed by atoms with Crippen molar-refractivity contribution in [3.63, 3.8) is 0 Å². The van der Waals surface area contributed by atoms with Gasteiger partial charge in [0.05, 0.1) is 10.9 Å². The topological polar surface area (TPSA) is 9.23 Å². The second-order valence-corrected chi connectivity index (χ2v) is 5.97. The fourth-order valence-corrected chi connectivity index (χ4v) is 2.83. The first kappa shape index (κ1) is 15.6. The molecule has 20 heavy (non-hydrogen) atoms. The van der Waals surface area contributed by atoms with Crippen molar-refractivity contribution in [1.29, 1.82) is 0 Å². The molecule has 0 atom stereocenters. The van der Waals surface area contributed by atoms with Crippen LogP contribution in [-0.4, -0.2) is 0 Å². The van der Waals surface area contributed by atoms with E-state index in [1.54, 1.807) is 6.07 Å². The van der Waals surface area contributed by atoms with Crippen LogP contribution in [0.4, 0.5) is 4.39 Å². The fourth-order valence-electron chi connectivity index (χ4n) is 1.89. The Morgan fingerprint density at radius 3 is 2.65 bits per heavy atom. The standard InChI is InChI=1S/C15H12BrCl2FO/c1-9-4-12(16)6-11(7-17)15(9)20-8-10-2-3-13(18)14(19)5-10/h2-6H,7-8H2,1H3. The van der Waals surface area contributed by atoms with Gasteiger partial charge in [0.1, 0.15) is 18.2 Å². The highest BCUT2D eigenvalue weighted by Gasteiger charge is 2.09. The molecule has 0 spiro atoms. The number of rotatable bonds is 4. The van der Waals surface area contributed by atoms with E-state index in [4.69, 9.17) is 27.9 Å². The summed E-state index contributed by atoms with van der Waals surface area (Å²) in [5.74, 6) is 0.640. The minimum atomic E-state index is -0.446. The molecule has 2 rings (SSSR count). The van der Waals surface area contributed by atoms with Crippen molar-refractivity contribution in [2.75, 3.05) is 0 Å². The Morgan fingerprint density at radius 2 is 2.00 bits per heavy atom. The monoisotopic (exact) mass is 376 g/mol. The number of alkyl halides is 1. The summed E-state index contributed by atoms with van der Waals surface area (Å²) >= 11 is 15.0. The van der Waals surface area contributed by atoms with Crippen LogP contribution in [0.25, 0.3) is 0 Å². The normalized spacial score (nSPS) is 10.7. The van der Waals surface area contributed by atoms with E-state index in [2.05, 4.69) is 15.9 Å². The molecule has 0 radical (unpaired) electrons. The SMILES string of the molecule is Cc1cc(Br)cc(CCl)c1OCc1ccc(Cl)c(F)c1. The molecule has 5 heteroatoms. The van der Waals surface area contributed by atoms with Gasteiger partial charge in [-0.25, -0.2) is 4.39 Å². The summed E-state index contributed by atoms with van der Waals surface area (Å²) in [6, 6.07) is 8.49. The number of ether oxygens (including phenoxy) is 1. The molecule has 0 saturated heterocycles. The van der Waals surface area contributed by atoms with Crippen molar-refractivity contribution < 1.29 is 9.13 Å². The van der Waals surface area contributed by atoms with Gasteiger partial charge in [0.2, 0.25) is 0 Å². The van der Waals surface area contributed by atoms with Gasteiger partial charge in [-0.1, -0.05) is 33.6 Å². The lowest BCUT2D eigenvalue weighted by Crippen LogP contribution is -2.00. The van der Waals surface area contributed by atoms with E-state index in [0.717, 1.165) is 26.9 Å². The lowest BCUT2D eigenvalue weighted by atomic mass is 10.1. The van der Waals surface area contributed by atoms with Crippen LogP contribution in [0.15, 0.2) is 34.8 Å². The molecular formula is C15H12BrCl2FO. The summed E-state index contributed by atoms with van der Waals surface area (Å²) in [5.41, 5.74) is 2.59. The molecule has 106 valence electrons. The summed E-state index contributed by atoms with van der Waals surface area (Å²) in [6.45, 7) is 2.21. The molecule has 0 aliphatic heterocycles. The summed E-state index contributed by atoms with van der Waals surface area (Å²) in [5, 5.41) is 0.106. The molecule has 0 fully saturated rings. The van der Waals surface area contributed by atoms with E-state index in [-0.39, 0.29) is 11.6 Å². The number of benzene rings is 2. The first-order valence-corrected chi connectivity index (χ1v) is 7.63. The largest absolute Gasteiger partial charge is 0.488 e. The van der Waals surface area contributed by atoms with E-state index >= 15 is 0 Å². The van der Waals surface area contributed by atoms with Crippen LogP contribution in [0.3, 0.4) is 0 Å². The highest BCUT2D eigenvalue weighted by Crippen LogP contribution is 2.30. The molecule has 0 amide bonds. The summed E-state index contributed by atoms with van der Waals surface area (Å²) < 4.78 is 20.1. The van der Waals surface area contributed by atoms with Crippen molar-refractivity contribution >= 4 is 39.1 Å². The van der Waals surface area contributed by atoms with Crippen molar-refractivity contribution in [3.05, 3.63) is 62.3 Å². The predicted octanol–water partition coefficient (Wildman–Crippen LogP) is 5.87. The van der Waals surface area contributed by atoms with Gasteiger partial charge in [-0.15, -0.1) is 11.6 Å². The molecule has 2 aromatic carbocycles. The van der Waals surface area contributed by atoms with Crippen LogP contribution in [-0.2, 0) is 12.5 Å². The van der Waals surface area contributed by atoms with Crippen LogP contribution in [0, 0.1) is 12.7 Å². The molecule has 0 saturated carbocycles. The minimum Gasteiger partial charge on any atom is -0.488 e. The average molecular weight is 378 g/mol. The van der Waals surface area contributed by atoms with Gasteiger partial charge >= 0.3 is 0 Å². The zero-order valence-corrected chi connectivity index (χ0v) is 13.8. The van der Waals surface area contributed by atoms with Gasteiger partial charge < -0.3 is 4.74 Å². The molecule has 2 aromatic rings. The van der Waals surface area contributed by atoms with Crippen molar-refractivity contribution in [2.24, 2.45) is 0 Å². The van der Waals surface area contributed by atoms with Crippen molar-refractivity contribution in [3.8, 4) is 5.75 Å². The Bertz CT molecular complexity index is 632. The Hall–Kier alpha value is -0.770. The lowest BCUT2D eigenvalue weighted by Gasteiger charge is -2.14. The van der Waals surface area contributed by atoms with E-state index < -0.39 is 5.82 Å². The molecule has 0 aromatic heterocycles. The van der Waals surface area contributed by atoms with Gasteiger partial charge in [0, 0.05) is 10.0 Å². The van der Waals surface area contributed by atoms with Gasteiger partial charge in [0.15, 0.2) is 0 Å². The third kappa shape index (κ3) is 3.66. The second kappa shape index (κ2) is 6.79. The predicted molar refractivity (Wildman–Crippen MR) is 84.2 cm³/mol. The maximum Gasteiger partial charge on any atom is 0.142 e. The Balaban J connectivity index is 2.20. The first-order valence-electron chi connectivity index (χ1n) is 5.93. The highest BCUT2D eigenvalue weighted by atomic mass is 79.9. The van der Waals surface area contributed by atoms with E-state index in [9.17, 15) is 4.39 Å². The maximum absolute atomic E-state index is 13.4. The molecule has 0 aliphatic rings. The van der Waals surface area contributed by atoms with Gasteiger partial charge in [0.25, 0.3) is 0 Å². The highest BCUT2D eigenvalue weighted by molar-refractivity contribution is 9.10. The first-order chi connectivity index (χ1) is 9.51. The number of aryl methyl sites for hydroxylation is 1. The molecule has 1 nitrogen and oxygen atoms in total. The molecule has 0 bridgehead atoms. The van der Waals surface area contributed by atoms with Gasteiger partial charge in [-0.2, -0.15) is 0 Å². The van der Waals surface area contributed by atoms with Crippen LogP contribution in [0.1, 0.15) is 16.7 Å². The van der Waals surface area contributed by atoms with E-state index in [1.165, 1.54) is 12.1 Å². The molecular weight excluding hydrogens is 366 g/mol. The second-order valence-electron chi connectivity index (χ2n) is 4.38. The third-order valence-electron chi connectivity index (χ3n) is 2.83. The molecule has 0 unspecified atom stereocenters. The summed E-state index contributed by atoms with van der Waals surface area (Å²) in [7, 11) is 0. The van der Waals surface area contributed by atoms with Crippen molar-refractivity contribution in [1.82, 2.24) is 0 Å². The van der Waals surface area contributed by atoms with E-state index in [0.29, 0.717) is 5.88 Å². The van der Waals surface area contributed by atoms with Crippen molar-refractivity contribution in [2.45, 2.75) is 19.4 Å². The zero-order chi connectivity index (χ0) is 14.7. The zero-order valence-electron chi connectivity index (χ0n) is 10.7. The quantitative estimate of drug-likeness (QED) is 0.605.